The monoisotopic (exact) mass is 298 g/mol. The Kier molecular flexibility index (Phi) is 3.91. The van der Waals surface area contributed by atoms with Gasteiger partial charge in [-0.2, -0.15) is 0 Å². The molecule has 0 amide bonds. The van der Waals surface area contributed by atoms with Crippen LogP contribution in [0, 0.1) is 0 Å². The van der Waals surface area contributed by atoms with Crippen molar-refractivity contribution in [2.24, 2.45) is 0 Å². The SMILES string of the molecule is CCC/C=C\[C@@H]1O[C@H]2OC(C)(C)O[C@H]2[C@@H]2OC(C)(C)O[C@@H]21. The molecule has 3 heterocycles. The molecule has 0 radical (unpaired) electrons. The summed E-state index contributed by atoms with van der Waals surface area (Å²) in [5.41, 5.74) is 0. The van der Waals surface area contributed by atoms with Crippen molar-refractivity contribution in [1.82, 2.24) is 0 Å². The standard InChI is InChI=1S/C16H26O5/c1-6-7-8-9-10-11-12(19-15(2,3)18-11)13-14(17-10)21-16(4,5)20-13/h8-14H,6-7H2,1-5H3/b9-8-/t10-,11+,12+,13-,14-/m0/s1. The Hall–Kier alpha value is -0.460. The Morgan fingerprint density at radius 3 is 2.19 bits per heavy atom. The van der Waals surface area contributed by atoms with Gasteiger partial charge in [0.1, 0.15) is 24.4 Å². The molecule has 3 aliphatic heterocycles. The third-order valence-corrected chi connectivity index (χ3v) is 3.97. The third kappa shape index (κ3) is 3.03. The van der Waals surface area contributed by atoms with Gasteiger partial charge in [-0.05, 0) is 34.1 Å². The number of hydrogen-bond acceptors (Lipinski definition) is 5. The van der Waals surface area contributed by atoms with E-state index in [2.05, 4.69) is 19.1 Å². The van der Waals surface area contributed by atoms with Gasteiger partial charge >= 0.3 is 0 Å². The molecule has 0 N–H and O–H groups in total. The predicted octanol–water partition coefficient (Wildman–Crippen LogP) is 2.74. The highest BCUT2D eigenvalue weighted by Gasteiger charge is 2.60. The fraction of sp³-hybridized carbons (Fsp3) is 0.875. The molecule has 3 aliphatic rings. The molecule has 0 bridgehead atoms. The number of ether oxygens (including phenoxy) is 5. The quantitative estimate of drug-likeness (QED) is 0.750. The first kappa shape index (κ1) is 15.4. The van der Waals surface area contributed by atoms with Crippen molar-refractivity contribution in [1.29, 1.82) is 0 Å². The van der Waals surface area contributed by atoms with E-state index in [1.165, 1.54) is 0 Å². The molecular formula is C16H26O5. The van der Waals surface area contributed by atoms with Crippen LogP contribution in [0.2, 0.25) is 0 Å². The van der Waals surface area contributed by atoms with Crippen LogP contribution in [0.5, 0.6) is 0 Å². The number of rotatable bonds is 3. The maximum absolute atomic E-state index is 6.06. The molecule has 5 nitrogen and oxygen atoms in total. The van der Waals surface area contributed by atoms with E-state index in [1.54, 1.807) is 0 Å². The van der Waals surface area contributed by atoms with Crippen LogP contribution < -0.4 is 0 Å². The van der Waals surface area contributed by atoms with Gasteiger partial charge in [0.15, 0.2) is 17.9 Å². The van der Waals surface area contributed by atoms with Crippen LogP contribution in [0.4, 0.5) is 0 Å². The van der Waals surface area contributed by atoms with Crippen molar-refractivity contribution in [2.75, 3.05) is 0 Å². The molecule has 5 atom stereocenters. The largest absolute Gasteiger partial charge is 0.342 e. The zero-order chi connectivity index (χ0) is 15.3. The minimum Gasteiger partial charge on any atom is -0.342 e. The highest BCUT2D eigenvalue weighted by Crippen LogP contribution is 2.44. The first-order valence-corrected chi connectivity index (χ1v) is 7.85. The summed E-state index contributed by atoms with van der Waals surface area (Å²) < 4.78 is 30.0. The van der Waals surface area contributed by atoms with E-state index < -0.39 is 17.9 Å². The van der Waals surface area contributed by atoms with Gasteiger partial charge in [0, 0.05) is 0 Å². The Labute approximate surface area is 126 Å². The molecule has 0 saturated carbocycles. The molecule has 3 saturated heterocycles. The first-order chi connectivity index (χ1) is 9.81. The summed E-state index contributed by atoms with van der Waals surface area (Å²) in [5.74, 6) is -1.28. The van der Waals surface area contributed by atoms with Crippen LogP contribution in [-0.2, 0) is 23.7 Å². The summed E-state index contributed by atoms with van der Waals surface area (Å²) in [6, 6.07) is 0. The summed E-state index contributed by atoms with van der Waals surface area (Å²) in [5, 5.41) is 0. The normalized spacial score (nSPS) is 44.0. The summed E-state index contributed by atoms with van der Waals surface area (Å²) in [7, 11) is 0. The Morgan fingerprint density at radius 1 is 0.857 bits per heavy atom. The molecule has 3 rings (SSSR count). The zero-order valence-corrected chi connectivity index (χ0v) is 13.5. The minimum absolute atomic E-state index is 0.160. The predicted molar refractivity (Wildman–Crippen MR) is 76.6 cm³/mol. The molecule has 21 heavy (non-hydrogen) atoms. The lowest BCUT2D eigenvalue weighted by molar-refractivity contribution is -0.222. The molecule has 0 unspecified atom stereocenters. The highest BCUT2D eigenvalue weighted by molar-refractivity contribution is 5.06. The van der Waals surface area contributed by atoms with Crippen LogP contribution in [-0.4, -0.2) is 42.3 Å². The van der Waals surface area contributed by atoms with Crippen molar-refractivity contribution >= 4 is 0 Å². The number of hydrogen-bond donors (Lipinski definition) is 0. The van der Waals surface area contributed by atoms with Crippen molar-refractivity contribution in [3.63, 3.8) is 0 Å². The van der Waals surface area contributed by atoms with E-state index in [-0.39, 0.29) is 24.4 Å². The maximum atomic E-state index is 6.06. The molecule has 0 aromatic carbocycles. The Balaban J connectivity index is 1.81. The summed E-state index contributed by atoms with van der Waals surface area (Å²) in [6.45, 7) is 9.79. The second-order valence-corrected chi connectivity index (χ2v) is 6.85. The molecule has 3 fully saturated rings. The van der Waals surface area contributed by atoms with Crippen molar-refractivity contribution in [2.45, 2.75) is 89.7 Å². The topological polar surface area (TPSA) is 46.2 Å². The minimum atomic E-state index is -0.655. The van der Waals surface area contributed by atoms with Gasteiger partial charge in [-0.1, -0.05) is 25.5 Å². The molecular weight excluding hydrogens is 272 g/mol. The van der Waals surface area contributed by atoms with Gasteiger partial charge in [0.2, 0.25) is 0 Å². The van der Waals surface area contributed by atoms with E-state index >= 15 is 0 Å². The van der Waals surface area contributed by atoms with Gasteiger partial charge < -0.3 is 23.7 Å². The van der Waals surface area contributed by atoms with Gasteiger partial charge in [0.05, 0.1) is 0 Å². The van der Waals surface area contributed by atoms with Crippen LogP contribution in [0.3, 0.4) is 0 Å². The second-order valence-electron chi connectivity index (χ2n) is 6.85. The van der Waals surface area contributed by atoms with E-state index in [4.69, 9.17) is 23.7 Å². The van der Waals surface area contributed by atoms with Crippen molar-refractivity contribution in [3.05, 3.63) is 12.2 Å². The van der Waals surface area contributed by atoms with Crippen LogP contribution >= 0.6 is 0 Å². The van der Waals surface area contributed by atoms with Crippen molar-refractivity contribution < 1.29 is 23.7 Å². The van der Waals surface area contributed by atoms with Crippen LogP contribution in [0.1, 0.15) is 47.5 Å². The summed E-state index contributed by atoms with van der Waals surface area (Å²) in [6.07, 6.45) is 5.19. The van der Waals surface area contributed by atoms with Crippen molar-refractivity contribution in [3.8, 4) is 0 Å². The van der Waals surface area contributed by atoms with Crippen LogP contribution in [0.15, 0.2) is 12.2 Å². The lowest BCUT2D eigenvalue weighted by Crippen LogP contribution is -2.54. The molecule has 0 spiro atoms. The Bertz CT molecular complexity index is 417. The molecule has 0 aliphatic carbocycles. The fourth-order valence-corrected chi connectivity index (χ4v) is 3.19. The van der Waals surface area contributed by atoms with E-state index in [9.17, 15) is 0 Å². The van der Waals surface area contributed by atoms with Gasteiger partial charge in [-0.25, -0.2) is 0 Å². The molecule has 5 heteroatoms. The molecule has 0 aromatic rings. The van der Waals surface area contributed by atoms with Gasteiger partial charge in [-0.3, -0.25) is 0 Å². The smallest absolute Gasteiger partial charge is 0.190 e. The van der Waals surface area contributed by atoms with Crippen LogP contribution in [0.25, 0.3) is 0 Å². The first-order valence-electron chi connectivity index (χ1n) is 7.85. The van der Waals surface area contributed by atoms with Gasteiger partial charge in [0.25, 0.3) is 0 Å². The molecule has 0 aromatic heterocycles. The number of unbranched alkanes of at least 4 members (excludes halogenated alkanes) is 1. The Morgan fingerprint density at radius 2 is 1.48 bits per heavy atom. The lowest BCUT2D eigenvalue weighted by atomic mass is 9.98. The van der Waals surface area contributed by atoms with Gasteiger partial charge in [-0.15, -0.1) is 0 Å². The highest BCUT2D eigenvalue weighted by atomic mass is 16.9. The fourth-order valence-electron chi connectivity index (χ4n) is 3.19. The zero-order valence-electron chi connectivity index (χ0n) is 13.5. The lowest BCUT2D eigenvalue weighted by Gasteiger charge is -2.36. The van der Waals surface area contributed by atoms with E-state index in [1.807, 2.05) is 27.7 Å². The summed E-state index contributed by atoms with van der Waals surface area (Å²) in [4.78, 5) is 0. The maximum Gasteiger partial charge on any atom is 0.190 e. The third-order valence-electron chi connectivity index (χ3n) is 3.97. The molecule has 120 valence electrons. The average Bonchev–Trinajstić information content (AvgIpc) is 2.84. The number of fused-ring (bicyclic) bond motifs is 3. The average molecular weight is 298 g/mol. The summed E-state index contributed by atoms with van der Waals surface area (Å²) >= 11 is 0. The van der Waals surface area contributed by atoms with E-state index in [0.717, 1.165) is 12.8 Å². The number of allylic oxidation sites excluding steroid dienone is 1. The van der Waals surface area contributed by atoms with E-state index in [0.29, 0.717) is 0 Å². The second kappa shape index (κ2) is 5.32.